The first-order valence-electron chi connectivity index (χ1n) is 9.30. The van der Waals surface area contributed by atoms with Crippen LogP contribution in [0.25, 0.3) is 0 Å². The van der Waals surface area contributed by atoms with Crippen LogP contribution in [0.15, 0.2) is 28.1 Å². The van der Waals surface area contributed by atoms with E-state index in [1.54, 1.807) is 13.1 Å². The maximum atomic E-state index is 11.7. The lowest BCUT2D eigenvalue weighted by atomic mass is 10.1. The normalized spacial score (nSPS) is 19.6. The minimum atomic E-state index is -3.19. The highest BCUT2D eigenvalue weighted by molar-refractivity contribution is 14.0. The summed E-state index contributed by atoms with van der Waals surface area (Å²) in [5.74, 6) is 0.729. The van der Waals surface area contributed by atoms with Gasteiger partial charge >= 0.3 is 0 Å². The second kappa shape index (κ2) is 11.3. The Labute approximate surface area is 186 Å². The third-order valence-electron chi connectivity index (χ3n) is 4.87. The first kappa shape index (κ1) is 25.1. The van der Waals surface area contributed by atoms with E-state index in [4.69, 9.17) is 4.74 Å². The van der Waals surface area contributed by atoms with Gasteiger partial charge in [0, 0.05) is 45.0 Å². The number of aryl methyl sites for hydroxylation is 1. The molecule has 7 nitrogen and oxygen atoms in total. The number of ether oxygens (including phenoxy) is 1. The van der Waals surface area contributed by atoms with E-state index in [1.807, 2.05) is 19.1 Å². The Hall–Kier alpha value is -0.910. The lowest BCUT2D eigenvalue weighted by molar-refractivity contribution is -0.0174. The van der Waals surface area contributed by atoms with Crippen LogP contribution in [0.1, 0.15) is 25.0 Å². The van der Waals surface area contributed by atoms with Gasteiger partial charge in [-0.05, 0) is 38.0 Å². The van der Waals surface area contributed by atoms with Gasteiger partial charge in [-0.1, -0.05) is 12.1 Å². The molecule has 0 spiro atoms. The molecule has 2 atom stereocenters. The average Bonchev–Trinajstić information content (AvgIpc) is 2.61. The Morgan fingerprint density at radius 3 is 2.68 bits per heavy atom. The maximum Gasteiger partial charge on any atom is 0.191 e. The summed E-state index contributed by atoms with van der Waals surface area (Å²) in [6.07, 6.45) is 1.23. The zero-order valence-corrected chi connectivity index (χ0v) is 20.5. The molecule has 2 unspecified atom stereocenters. The van der Waals surface area contributed by atoms with Gasteiger partial charge in [0.1, 0.15) is 0 Å². The van der Waals surface area contributed by atoms with Crippen molar-refractivity contribution in [3.63, 3.8) is 0 Å². The summed E-state index contributed by atoms with van der Waals surface area (Å²) < 4.78 is 28.9. The number of morpholine rings is 1. The van der Waals surface area contributed by atoms with Gasteiger partial charge in [-0.2, -0.15) is 0 Å². The fraction of sp³-hybridized carbons (Fsp3) is 0.632. The predicted molar refractivity (Wildman–Crippen MR) is 124 cm³/mol. The summed E-state index contributed by atoms with van der Waals surface area (Å²) >= 11 is 0. The summed E-state index contributed by atoms with van der Waals surface area (Å²) in [6.45, 7) is 10.1. The highest BCUT2D eigenvalue weighted by Crippen LogP contribution is 2.16. The van der Waals surface area contributed by atoms with Crippen molar-refractivity contribution in [2.24, 2.45) is 4.99 Å². The summed E-state index contributed by atoms with van der Waals surface area (Å²) in [6, 6.07) is 6.19. The van der Waals surface area contributed by atoms with E-state index in [0.29, 0.717) is 23.5 Å². The highest BCUT2D eigenvalue weighted by atomic mass is 127. The lowest BCUT2D eigenvalue weighted by Gasteiger charge is -2.38. The second-order valence-electron chi connectivity index (χ2n) is 7.19. The summed E-state index contributed by atoms with van der Waals surface area (Å²) in [4.78, 5) is 7.09. The van der Waals surface area contributed by atoms with Gasteiger partial charge in [-0.25, -0.2) is 8.42 Å². The molecule has 0 saturated carbocycles. The minimum Gasteiger partial charge on any atom is -0.379 e. The van der Waals surface area contributed by atoms with Crippen molar-refractivity contribution >= 4 is 39.8 Å². The number of hydrogen-bond acceptors (Lipinski definition) is 5. The molecule has 0 aliphatic carbocycles. The zero-order valence-electron chi connectivity index (χ0n) is 17.4. The maximum absolute atomic E-state index is 11.7. The molecule has 1 aromatic carbocycles. The predicted octanol–water partition coefficient (Wildman–Crippen LogP) is 1.79. The second-order valence-corrected chi connectivity index (χ2v) is 9.17. The number of rotatable bonds is 6. The van der Waals surface area contributed by atoms with Crippen LogP contribution in [0, 0.1) is 6.92 Å². The molecule has 1 saturated heterocycles. The number of nitrogens with one attached hydrogen (secondary N) is 2. The summed E-state index contributed by atoms with van der Waals surface area (Å²) in [5.41, 5.74) is 1.77. The number of hydrogen-bond donors (Lipinski definition) is 2. The van der Waals surface area contributed by atoms with E-state index in [1.165, 1.54) is 6.26 Å². The van der Waals surface area contributed by atoms with Gasteiger partial charge in [0.05, 0.1) is 18.1 Å². The van der Waals surface area contributed by atoms with Crippen molar-refractivity contribution in [1.82, 2.24) is 15.5 Å². The van der Waals surface area contributed by atoms with Crippen molar-refractivity contribution in [2.45, 2.75) is 44.3 Å². The van der Waals surface area contributed by atoms with E-state index in [9.17, 15) is 8.42 Å². The van der Waals surface area contributed by atoms with Crippen LogP contribution in [0.4, 0.5) is 0 Å². The van der Waals surface area contributed by atoms with Gasteiger partial charge in [0.2, 0.25) is 0 Å². The topological polar surface area (TPSA) is 83.0 Å². The van der Waals surface area contributed by atoms with Gasteiger partial charge in [-0.3, -0.25) is 9.89 Å². The van der Waals surface area contributed by atoms with Crippen LogP contribution >= 0.6 is 24.0 Å². The van der Waals surface area contributed by atoms with Gasteiger partial charge in [-0.15, -0.1) is 24.0 Å². The van der Waals surface area contributed by atoms with E-state index in [2.05, 4.69) is 34.4 Å². The molecule has 2 N–H and O–H groups in total. The van der Waals surface area contributed by atoms with E-state index in [0.717, 1.165) is 43.4 Å². The summed E-state index contributed by atoms with van der Waals surface area (Å²) in [5, 5.41) is 6.65. The monoisotopic (exact) mass is 524 g/mol. The molecule has 9 heteroatoms. The quantitative estimate of drug-likeness (QED) is 0.336. The smallest absolute Gasteiger partial charge is 0.191 e. The molecule has 1 aliphatic heterocycles. The molecule has 160 valence electrons. The number of sulfone groups is 1. The average molecular weight is 524 g/mol. The third-order valence-corrected chi connectivity index (χ3v) is 6.13. The third kappa shape index (κ3) is 7.16. The fourth-order valence-electron chi connectivity index (χ4n) is 3.40. The lowest BCUT2D eigenvalue weighted by Crippen LogP contribution is -2.52. The summed E-state index contributed by atoms with van der Waals surface area (Å²) in [7, 11) is -1.44. The van der Waals surface area contributed by atoms with E-state index in [-0.39, 0.29) is 24.0 Å². The molecule has 0 amide bonds. The van der Waals surface area contributed by atoms with Crippen molar-refractivity contribution in [1.29, 1.82) is 0 Å². The molecule has 1 aromatic rings. The molecule has 0 bridgehead atoms. The fourth-order valence-corrected chi connectivity index (χ4v) is 4.36. The Kier molecular flexibility index (Phi) is 10.2. The number of benzene rings is 1. The van der Waals surface area contributed by atoms with Crippen LogP contribution in [0.2, 0.25) is 0 Å². The van der Waals surface area contributed by atoms with Crippen molar-refractivity contribution in [3.8, 4) is 0 Å². The molecule has 0 radical (unpaired) electrons. The largest absolute Gasteiger partial charge is 0.379 e. The van der Waals surface area contributed by atoms with E-state index >= 15 is 0 Å². The number of guanidine groups is 1. The van der Waals surface area contributed by atoms with Crippen LogP contribution in [-0.2, 0) is 21.1 Å². The molecule has 0 aromatic heterocycles. The number of halogens is 1. The SMILES string of the molecule is CN=C(NCc1ccc(S(C)(=O)=O)c(C)c1)NCC(C)N1CCOCC1C.I. The van der Waals surface area contributed by atoms with Crippen LogP contribution < -0.4 is 10.6 Å². The minimum absolute atomic E-state index is 0. The van der Waals surface area contributed by atoms with Crippen molar-refractivity contribution in [2.75, 3.05) is 39.6 Å². The van der Waals surface area contributed by atoms with Crippen LogP contribution in [0.3, 0.4) is 0 Å². The molecule has 1 aliphatic rings. The van der Waals surface area contributed by atoms with Crippen LogP contribution in [0.5, 0.6) is 0 Å². The Bertz CT molecular complexity index is 770. The number of nitrogens with zero attached hydrogens (tertiary/aromatic N) is 2. The molecule has 2 rings (SSSR count). The van der Waals surface area contributed by atoms with Gasteiger partial charge in [0.25, 0.3) is 0 Å². The molecular weight excluding hydrogens is 491 g/mol. The van der Waals surface area contributed by atoms with Gasteiger partial charge in [0.15, 0.2) is 15.8 Å². The Morgan fingerprint density at radius 1 is 1.39 bits per heavy atom. The number of aliphatic imine (C=N–C) groups is 1. The molecule has 1 fully saturated rings. The standard InChI is InChI=1S/C19H32N4O3S.HI/c1-14-10-17(6-7-18(14)27(5,24)25)12-22-19(20-4)21-11-15(2)23-8-9-26-13-16(23)3;/h6-7,10,15-16H,8-9,11-13H2,1-5H3,(H2,20,21,22);1H. The highest BCUT2D eigenvalue weighted by Gasteiger charge is 2.23. The molecule has 28 heavy (non-hydrogen) atoms. The first-order valence-corrected chi connectivity index (χ1v) is 11.2. The van der Waals surface area contributed by atoms with Gasteiger partial charge < -0.3 is 15.4 Å². The van der Waals surface area contributed by atoms with Crippen molar-refractivity contribution < 1.29 is 13.2 Å². The first-order chi connectivity index (χ1) is 12.7. The van der Waals surface area contributed by atoms with E-state index < -0.39 is 9.84 Å². The Balaban J connectivity index is 0.00000392. The Morgan fingerprint density at radius 2 is 2.11 bits per heavy atom. The van der Waals surface area contributed by atoms with Crippen LogP contribution in [-0.4, -0.2) is 71.0 Å². The zero-order chi connectivity index (χ0) is 20.0. The molecular formula is C19H33IN4O3S. The molecule has 1 heterocycles. The van der Waals surface area contributed by atoms with Crippen molar-refractivity contribution in [3.05, 3.63) is 29.3 Å².